The van der Waals surface area contributed by atoms with E-state index < -0.39 is 0 Å². The average molecular weight is 443 g/mol. The van der Waals surface area contributed by atoms with Crippen LogP contribution in [0.5, 0.6) is 0 Å². The second kappa shape index (κ2) is 7.47. The molecule has 1 saturated heterocycles. The van der Waals surface area contributed by atoms with Crippen molar-refractivity contribution in [2.45, 2.75) is 26.7 Å². The average Bonchev–Trinajstić information content (AvgIpc) is 3.19. The molecule has 144 valence electrons. The third-order valence-electron chi connectivity index (χ3n) is 5.06. The molecule has 0 N–H and O–H groups in total. The van der Waals surface area contributed by atoms with E-state index in [2.05, 4.69) is 30.9 Å². The van der Waals surface area contributed by atoms with Crippen molar-refractivity contribution in [1.82, 2.24) is 9.66 Å². The highest BCUT2D eigenvalue weighted by atomic mass is 79.9. The number of nitrogens with zero attached hydrogens (tertiary/aromatic N) is 4. The van der Waals surface area contributed by atoms with Gasteiger partial charge in [0.2, 0.25) is 0 Å². The van der Waals surface area contributed by atoms with Gasteiger partial charge in [0, 0.05) is 23.1 Å². The third-order valence-corrected chi connectivity index (χ3v) is 5.56. The molecule has 4 rings (SSSR count). The molecule has 3 aromatic rings. The molecule has 0 unspecified atom stereocenters. The molecule has 1 aliphatic heterocycles. The van der Waals surface area contributed by atoms with Gasteiger partial charge in [0.05, 0.1) is 22.8 Å². The number of halogens is 2. The zero-order valence-corrected chi connectivity index (χ0v) is 17.3. The van der Waals surface area contributed by atoms with Crippen molar-refractivity contribution in [2.75, 3.05) is 18.0 Å². The Hall–Kier alpha value is -2.54. The first-order valence-corrected chi connectivity index (χ1v) is 10.0. The highest BCUT2D eigenvalue weighted by molar-refractivity contribution is 9.10. The van der Waals surface area contributed by atoms with Crippen molar-refractivity contribution < 1.29 is 4.39 Å². The van der Waals surface area contributed by atoms with E-state index in [9.17, 15) is 9.18 Å². The van der Waals surface area contributed by atoms with Gasteiger partial charge in [-0.15, -0.1) is 0 Å². The van der Waals surface area contributed by atoms with Gasteiger partial charge in [-0.3, -0.25) is 4.79 Å². The molecule has 1 aromatic heterocycles. The van der Waals surface area contributed by atoms with Crippen LogP contribution in [0.25, 0.3) is 10.9 Å². The topological polar surface area (TPSA) is 50.5 Å². The Kier molecular flexibility index (Phi) is 5.02. The maximum atomic E-state index is 14.6. The van der Waals surface area contributed by atoms with Crippen LogP contribution < -0.4 is 10.5 Å². The number of rotatable bonds is 3. The van der Waals surface area contributed by atoms with Gasteiger partial charge in [-0.05, 0) is 62.6 Å². The quantitative estimate of drug-likeness (QED) is 0.564. The van der Waals surface area contributed by atoms with Crippen LogP contribution in [0.4, 0.5) is 10.1 Å². The SMILES string of the molecule is Cc1cc(N2CCCC2)c(F)cc1C=Nn1c(C)nc2ccc(Br)cc2c1=O. The second-order valence-electron chi connectivity index (χ2n) is 7.04. The van der Waals surface area contributed by atoms with E-state index in [1.54, 1.807) is 19.1 Å². The van der Waals surface area contributed by atoms with Crippen molar-refractivity contribution in [1.29, 1.82) is 0 Å². The predicted molar refractivity (Wildman–Crippen MR) is 114 cm³/mol. The van der Waals surface area contributed by atoms with Crippen molar-refractivity contribution in [2.24, 2.45) is 5.10 Å². The number of aryl methyl sites for hydroxylation is 2. The summed E-state index contributed by atoms with van der Waals surface area (Å²) in [7, 11) is 0. The summed E-state index contributed by atoms with van der Waals surface area (Å²) in [4.78, 5) is 19.3. The van der Waals surface area contributed by atoms with Crippen molar-refractivity contribution in [3.63, 3.8) is 0 Å². The molecule has 0 radical (unpaired) electrons. The zero-order valence-electron chi connectivity index (χ0n) is 15.7. The van der Waals surface area contributed by atoms with E-state index in [0.29, 0.717) is 28.0 Å². The fourth-order valence-electron chi connectivity index (χ4n) is 3.54. The van der Waals surface area contributed by atoms with Crippen LogP contribution in [0, 0.1) is 19.7 Å². The molecule has 2 aromatic carbocycles. The van der Waals surface area contributed by atoms with E-state index in [1.807, 2.05) is 19.1 Å². The van der Waals surface area contributed by atoms with Gasteiger partial charge >= 0.3 is 0 Å². The summed E-state index contributed by atoms with van der Waals surface area (Å²) in [6.07, 6.45) is 3.70. The first-order valence-electron chi connectivity index (χ1n) is 9.22. The van der Waals surface area contributed by atoms with E-state index in [0.717, 1.165) is 36.0 Å². The molecule has 0 amide bonds. The van der Waals surface area contributed by atoms with Crippen LogP contribution in [0.3, 0.4) is 0 Å². The van der Waals surface area contributed by atoms with Gasteiger partial charge in [0.15, 0.2) is 0 Å². The van der Waals surface area contributed by atoms with E-state index in [1.165, 1.54) is 17.0 Å². The lowest BCUT2D eigenvalue weighted by molar-refractivity contribution is 0.622. The Bertz CT molecular complexity index is 1150. The van der Waals surface area contributed by atoms with Gasteiger partial charge in [0.1, 0.15) is 11.6 Å². The van der Waals surface area contributed by atoms with Crippen LogP contribution >= 0.6 is 15.9 Å². The summed E-state index contributed by atoms with van der Waals surface area (Å²) in [5.74, 6) is 0.210. The first kappa shape index (κ1) is 18.8. The summed E-state index contributed by atoms with van der Waals surface area (Å²) in [6.45, 7) is 5.42. The van der Waals surface area contributed by atoms with Crippen molar-refractivity contribution >= 4 is 38.7 Å². The maximum absolute atomic E-state index is 14.6. The minimum absolute atomic E-state index is 0.258. The summed E-state index contributed by atoms with van der Waals surface area (Å²) < 4.78 is 16.7. The molecule has 0 spiro atoms. The zero-order chi connectivity index (χ0) is 19.8. The Morgan fingerprint density at radius 1 is 1.18 bits per heavy atom. The number of benzene rings is 2. The highest BCUT2D eigenvalue weighted by Gasteiger charge is 2.17. The number of hydrogen-bond donors (Lipinski definition) is 0. The lowest BCUT2D eigenvalue weighted by atomic mass is 10.1. The molecule has 0 saturated carbocycles. The molecule has 0 bridgehead atoms. The highest BCUT2D eigenvalue weighted by Crippen LogP contribution is 2.26. The molecule has 0 aliphatic carbocycles. The monoisotopic (exact) mass is 442 g/mol. The molecular formula is C21H20BrFN4O. The molecule has 28 heavy (non-hydrogen) atoms. The number of fused-ring (bicyclic) bond motifs is 1. The summed E-state index contributed by atoms with van der Waals surface area (Å²) >= 11 is 3.38. The number of aromatic nitrogens is 2. The van der Waals surface area contributed by atoms with Crippen LogP contribution in [0.15, 0.2) is 44.7 Å². The van der Waals surface area contributed by atoms with Gasteiger partial charge in [-0.25, -0.2) is 9.37 Å². The number of hydrogen-bond acceptors (Lipinski definition) is 4. The lowest BCUT2D eigenvalue weighted by Crippen LogP contribution is -2.21. The summed E-state index contributed by atoms with van der Waals surface area (Å²) in [5, 5.41) is 4.78. The van der Waals surface area contributed by atoms with Crippen molar-refractivity contribution in [3.8, 4) is 0 Å². The summed E-state index contributed by atoms with van der Waals surface area (Å²) in [6, 6.07) is 8.70. The maximum Gasteiger partial charge on any atom is 0.282 e. The standard InChI is InChI=1S/C21H20BrFN4O/c1-13-9-20(26-7-3-4-8-26)18(23)10-15(13)12-24-27-14(2)25-19-6-5-16(22)11-17(19)21(27)28/h5-6,9-12H,3-4,7-8H2,1-2H3. The van der Waals surface area contributed by atoms with Crippen LogP contribution in [-0.4, -0.2) is 29.0 Å². The smallest absolute Gasteiger partial charge is 0.282 e. The van der Waals surface area contributed by atoms with E-state index >= 15 is 0 Å². The Labute approximate surface area is 170 Å². The molecule has 2 heterocycles. The lowest BCUT2D eigenvalue weighted by Gasteiger charge is -2.19. The van der Waals surface area contributed by atoms with E-state index in [4.69, 9.17) is 0 Å². The van der Waals surface area contributed by atoms with E-state index in [-0.39, 0.29) is 11.4 Å². The van der Waals surface area contributed by atoms with Gasteiger partial charge in [0.25, 0.3) is 5.56 Å². The minimum Gasteiger partial charge on any atom is -0.369 e. The molecule has 0 atom stereocenters. The largest absolute Gasteiger partial charge is 0.369 e. The van der Waals surface area contributed by atoms with Crippen LogP contribution in [0.2, 0.25) is 0 Å². The third kappa shape index (κ3) is 3.46. The van der Waals surface area contributed by atoms with Crippen LogP contribution in [0.1, 0.15) is 29.8 Å². The molecule has 1 fully saturated rings. The molecule has 7 heteroatoms. The molecule has 1 aliphatic rings. The molecule has 5 nitrogen and oxygen atoms in total. The number of anilines is 1. The van der Waals surface area contributed by atoms with Gasteiger partial charge in [-0.1, -0.05) is 15.9 Å². The molecular weight excluding hydrogens is 423 g/mol. The normalized spacial score (nSPS) is 14.5. The van der Waals surface area contributed by atoms with Crippen molar-refractivity contribution in [3.05, 3.63) is 67.9 Å². The Morgan fingerprint density at radius 2 is 1.93 bits per heavy atom. The first-order chi connectivity index (χ1) is 13.4. The Morgan fingerprint density at radius 3 is 2.68 bits per heavy atom. The fourth-order valence-corrected chi connectivity index (χ4v) is 3.90. The predicted octanol–water partition coefficient (Wildman–Crippen LogP) is 4.40. The Balaban J connectivity index is 1.73. The minimum atomic E-state index is -0.265. The van der Waals surface area contributed by atoms with Crippen LogP contribution in [-0.2, 0) is 0 Å². The van der Waals surface area contributed by atoms with Gasteiger partial charge in [-0.2, -0.15) is 9.78 Å². The fraction of sp³-hybridized carbons (Fsp3) is 0.286. The summed E-state index contributed by atoms with van der Waals surface area (Å²) in [5.41, 5.74) is 2.55. The second-order valence-corrected chi connectivity index (χ2v) is 7.95. The van der Waals surface area contributed by atoms with Gasteiger partial charge < -0.3 is 4.90 Å².